The number of halogens is 1. The number of nitrogen functional groups attached to an aromatic ring is 1. The van der Waals surface area contributed by atoms with E-state index in [9.17, 15) is 0 Å². The van der Waals surface area contributed by atoms with E-state index in [1.807, 2.05) is 18.2 Å². The number of hydrogen-bond donors (Lipinski definition) is 2. The van der Waals surface area contributed by atoms with Crippen LogP contribution in [0.2, 0.25) is 5.02 Å². The Morgan fingerprint density at radius 1 is 1.47 bits per heavy atom. The number of rotatable bonds is 3. The van der Waals surface area contributed by atoms with E-state index in [1.54, 1.807) is 0 Å². The maximum Gasteiger partial charge on any atom is 0.183 e. The van der Waals surface area contributed by atoms with Crippen LogP contribution in [0.1, 0.15) is 5.56 Å². The second-order valence-corrected chi connectivity index (χ2v) is 4.26. The van der Waals surface area contributed by atoms with Crippen LogP contribution in [0.25, 0.3) is 0 Å². The summed E-state index contributed by atoms with van der Waals surface area (Å²) in [5, 5.41) is 7.96. The van der Waals surface area contributed by atoms with Crippen molar-refractivity contribution >= 4 is 29.1 Å². The smallest absolute Gasteiger partial charge is 0.183 e. The van der Waals surface area contributed by atoms with Gasteiger partial charge in [-0.25, -0.2) is 4.98 Å². The lowest BCUT2D eigenvalue weighted by molar-refractivity contribution is 0.973. The fourth-order valence-corrected chi connectivity index (χ4v) is 2.30. The quantitative estimate of drug-likeness (QED) is 0.638. The van der Waals surface area contributed by atoms with E-state index in [4.69, 9.17) is 17.3 Å². The van der Waals surface area contributed by atoms with Crippen LogP contribution in [-0.4, -0.2) is 15.2 Å². The number of anilines is 1. The third kappa shape index (κ3) is 2.43. The Labute approximate surface area is 96.2 Å². The molecular weight excluding hydrogens is 232 g/mol. The molecule has 78 valence electrons. The summed E-state index contributed by atoms with van der Waals surface area (Å²) in [4.78, 5) is 4.00. The summed E-state index contributed by atoms with van der Waals surface area (Å²) >= 11 is 7.55. The van der Waals surface area contributed by atoms with E-state index < -0.39 is 0 Å². The number of nitrogens with one attached hydrogen (secondary N) is 1. The van der Waals surface area contributed by atoms with Crippen LogP contribution in [-0.2, 0) is 5.75 Å². The number of benzene rings is 1. The SMILES string of the molecule is Nc1cccc(Cl)c1CSc1ncn[nH]1. The molecule has 0 saturated carbocycles. The largest absolute Gasteiger partial charge is 0.398 e. The first kappa shape index (κ1) is 10.3. The summed E-state index contributed by atoms with van der Waals surface area (Å²) in [6.45, 7) is 0. The van der Waals surface area contributed by atoms with Crippen molar-refractivity contribution in [1.29, 1.82) is 0 Å². The van der Waals surface area contributed by atoms with Crippen LogP contribution in [0, 0.1) is 0 Å². The molecule has 0 atom stereocenters. The first-order chi connectivity index (χ1) is 7.27. The minimum absolute atomic E-state index is 0.681. The van der Waals surface area contributed by atoms with Crippen LogP contribution in [0.4, 0.5) is 5.69 Å². The van der Waals surface area contributed by atoms with E-state index >= 15 is 0 Å². The van der Waals surface area contributed by atoms with Crippen LogP contribution in [0.5, 0.6) is 0 Å². The first-order valence-electron chi connectivity index (χ1n) is 4.28. The molecule has 0 aliphatic carbocycles. The van der Waals surface area contributed by atoms with E-state index in [-0.39, 0.29) is 0 Å². The van der Waals surface area contributed by atoms with Crippen molar-refractivity contribution < 1.29 is 0 Å². The lowest BCUT2D eigenvalue weighted by Crippen LogP contribution is -1.93. The zero-order chi connectivity index (χ0) is 10.7. The average Bonchev–Trinajstić information content (AvgIpc) is 2.70. The number of hydrogen-bond acceptors (Lipinski definition) is 4. The highest BCUT2D eigenvalue weighted by Crippen LogP contribution is 2.28. The molecule has 0 aliphatic heterocycles. The molecule has 3 N–H and O–H groups in total. The van der Waals surface area contributed by atoms with Crippen molar-refractivity contribution in [3.63, 3.8) is 0 Å². The number of H-pyrrole nitrogens is 1. The molecule has 6 heteroatoms. The summed E-state index contributed by atoms with van der Waals surface area (Å²) < 4.78 is 0. The molecule has 0 radical (unpaired) electrons. The van der Waals surface area contributed by atoms with Crippen molar-refractivity contribution in [2.45, 2.75) is 10.9 Å². The number of nitrogens with zero attached hydrogens (tertiary/aromatic N) is 2. The van der Waals surface area contributed by atoms with Gasteiger partial charge in [0.1, 0.15) is 6.33 Å². The van der Waals surface area contributed by atoms with Crippen molar-refractivity contribution in [2.75, 3.05) is 5.73 Å². The molecule has 1 heterocycles. The van der Waals surface area contributed by atoms with Crippen molar-refractivity contribution in [3.05, 3.63) is 35.1 Å². The summed E-state index contributed by atoms with van der Waals surface area (Å²) in [5.41, 5.74) is 7.45. The molecule has 1 aromatic heterocycles. The fourth-order valence-electron chi connectivity index (χ4n) is 1.13. The Bertz CT molecular complexity index is 423. The average molecular weight is 241 g/mol. The molecule has 0 spiro atoms. The van der Waals surface area contributed by atoms with E-state index in [0.717, 1.165) is 10.7 Å². The van der Waals surface area contributed by atoms with Gasteiger partial charge >= 0.3 is 0 Å². The summed E-state index contributed by atoms with van der Waals surface area (Å²) in [5.74, 6) is 0.681. The van der Waals surface area contributed by atoms with Gasteiger partial charge in [-0.2, -0.15) is 5.10 Å². The zero-order valence-electron chi connectivity index (χ0n) is 7.77. The first-order valence-corrected chi connectivity index (χ1v) is 5.65. The highest BCUT2D eigenvalue weighted by atomic mass is 35.5. The number of aromatic amines is 1. The van der Waals surface area contributed by atoms with Crippen molar-refractivity contribution in [3.8, 4) is 0 Å². The molecule has 0 amide bonds. The number of nitrogens with two attached hydrogens (primary N) is 1. The normalized spacial score (nSPS) is 10.5. The van der Waals surface area contributed by atoms with Gasteiger partial charge in [0, 0.05) is 22.0 Å². The van der Waals surface area contributed by atoms with Gasteiger partial charge in [0.15, 0.2) is 5.16 Å². The highest BCUT2D eigenvalue weighted by molar-refractivity contribution is 7.98. The summed E-state index contributed by atoms with van der Waals surface area (Å²) in [6.07, 6.45) is 1.47. The maximum absolute atomic E-state index is 6.03. The molecule has 2 rings (SSSR count). The maximum atomic E-state index is 6.03. The van der Waals surface area contributed by atoms with E-state index in [1.165, 1.54) is 18.1 Å². The topological polar surface area (TPSA) is 67.6 Å². The predicted octanol–water partition coefficient (Wildman–Crippen LogP) is 2.33. The second kappa shape index (κ2) is 4.55. The molecule has 0 saturated heterocycles. The Morgan fingerprint density at radius 3 is 3.00 bits per heavy atom. The molecule has 1 aromatic carbocycles. The third-order valence-electron chi connectivity index (χ3n) is 1.90. The minimum Gasteiger partial charge on any atom is -0.398 e. The van der Waals surface area contributed by atoms with E-state index in [0.29, 0.717) is 16.5 Å². The van der Waals surface area contributed by atoms with Crippen molar-refractivity contribution in [2.24, 2.45) is 0 Å². The van der Waals surface area contributed by atoms with Gasteiger partial charge in [0.25, 0.3) is 0 Å². The lowest BCUT2D eigenvalue weighted by Gasteiger charge is -2.05. The molecule has 0 aliphatic rings. The van der Waals surface area contributed by atoms with E-state index in [2.05, 4.69) is 15.2 Å². The standard InChI is InChI=1S/C9H9ClN4S/c10-7-2-1-3-8(11)6(7)4-15-9-12-5-13-14-9/h1-3,5H,4,11H2,(H,12,13,14). The minimum atomic E-state index is 0.681. The fraction of sp³-hybridized carbons (Fsp3) is 0.111. The van der Waals surface area contributed by atoms with Gasteiger partial charge in [0.2, 0.25) is 0 Å². The second-order valence-electron chi connectivity index (χ2n) is 2.89. The van der Waals surface area contributed by atoms with Gasteiger partial charge in [-0.05, 0) is 12.1 Å². The van der Waals surface area contributed by atoms with Gasteiger partial charge in [-0.15, -0.1) is 0 Å². The van der Waals surface area contributed by atoms with Crippen molar-refractivity contribution in [1.82, 2.24) is 15.2 Å². The van der Waals surface area contributed by atoms with Crippen LogP contribution in [0.3, 0.4) is 0 Å². The predicted molar refractivity (Wildman–Crippen MR) is 61.8 cm³/mol. The van der Waals surface area contributed by atoms with Gasteiger partial charge in [-0.3, -0.25) is 5.10 Å². The third-order valence-corrected chi connectivity index (χ3v) is 3.16. The Hall–Kier alpha value is -1.20. The Balaban J connectivity index is 2.11. The molecule has 15 heavy (non-hydrogen) atoms. The van der Waals surface area contributed by atoms with Gasteiger partial charge < -0.3 is 5.73 Å². The lowest BCUT2D eigenvalue weighted by atomic mass is 10.2. The molecule has 0 bridgehead atoms. The number of thioether (sulfide) groups is 1. The molecule has 2 aromatic rings. The zero-order valence-corrected chi connectivity index (χ0v) is 9.35. The van der Waals surface area contributed by atoms with Gasteiger partial charge in [-0.1, -0.05) is 29.4 Å². The molecule has 0 unspecified atom stereocenters. The Kier molecular flexibility index (Phi) is 3.13. The number of aromatic nitrogens is 3. The van der Waals surface area contributed by atoms with Crippen LogP contribution >= 0.6 is 23.4 Å². The Morgan fingerprint density at radius 2 is 2.33 bits per heavy atom. The summed E-state index contributed by atoms with van der Waals surface area (Å²) in [7, 11) is 0. The molecule has 4 nitrogen and oxygen atoms in total. The van der Waals surface area contributed by atoms with Crippen LogP contribution < -0.4 is 5.73 Å². The highest BCUT2D eigenvalue weighted by Gasteiger charge is 2.06. The molecule has 0 fully saturated rings. The molecular formula is C9H9ClN4S. The van der Waals surface area contributed by atoms with Crippen LogP contribution in [0.15, 0.2) is 29.7 Å². The van der Waals surface area contributed by atoms with Gasteiger partial charge in [0.05, 0.1) is 0 Å². The summed E-state index contributed by atoms with van der Waals surface area (Å²) in [6, 6.07) is 5.50. The monoisotopic (exact) mass is 240 g/mol.